The van der Waals surface area contributed by atoms with Crippen molar-refractivity contribution < 1.29 is 9.21 Å². The van der Waals surface area contributed by atoms with E-state index >= 15 is 0 Å². The van der Waals surface area contributed by atoms with Crippen molar-refractivity contribution in [2.45, 2.75) is 13.8 Å². The Labute approximate surface area is 174 Å². The number of rotatable bonds is 6. The highest BCUT2D eigenvalue weighted by atomic mass is 16.3. The van der Waals surface area contributed by atoms with E-state index in [-0.39, 0.29) is 0 Å². The Bertz CT molecular complexity index is 1180. The van der Waals surface area contributed by atoms with Gasteiger partial charge >= 0.3 is 0 Å². The summed E-state index contributed by atoms with van der Waals surface area (Å²) in [5.41, 5.74) is 11.2. The zero-order chi connectivity index (χ0) is 21.1. The Balaban J connectivity index is 1.56. The molecule has 0 fully saturated rings. The van der Waals surface area contributed by atoms with Crippen molar-refractivity contribution in [1.82, 2.24) is 9.97 Å². The van der Waals surface area contributed by atoms with E-state index in [1.165, 1.54) is 0 Å². The number of furan rings is 1. The van der Waals surface area contributed by atoms with Gasteiger partial charge in [0.15, 0.2) is 12.0 Å². The molecule has 2 heterocycles. The van der Waals surface area contributed by atoms with Crippen LogP contribution in [0.2, 0.25) is 0 Å². The first kappa shape index (κ1) is 19.2. The topological polar surface area (TPSA) is 106 Å². The van der Waals surface area contributed by atoms with Crippen molar-refractivity contribution in [3.05, 3.63) is 77.7 Å². The molecule has 0 aliphatic rings. The Morgan fingerprint density at radius 2 is 1.70 bits per heavy atom. The first-order valence-corrected chi connectivity index (χ1v) is 9.41. The van der Waals surface area contributed by atoms with Gasteiger partial charge in [0.2, 0.25) is 5.95 Å². The maximum atomic E-state index is 10.9. The molecule has 0 saturated carbocycles. The van der Waals surface area contributed by atoms with Gasteiger partial charge in [-0.1, -0.05) is 0 Å². The van der Waals surface area contributed by atoms with Gasteiger partial charge in [-0.15, -0.1) is 0 Å². The summed E-state index contributed by atoms with van der Waals surface area (Å²) >= 11 is 0. The molecule has 0 spiro atoms. The molecule has 0 unspecified atom stereocenters. The highest BCUT2D eigenvalue weighted by Crippen LogP contribution is 2.31. The first-order chi connectivity index (χ1) is 14.5. The summed E-state index contributed by atoms with van der Waals surface area (Å²) < 4.78 is 5.54. The number of hydrogen-bond donors (Lipinski definition) is 3. The maximum absolute atomic E-state index is 10.9. The minimum absolute atomic E-state index is 0.310. The number of hydrogen-bond acceptors (Lipinski definition) is 7. The predicted octanol–water partition coefficient (Wildman–Crippen LogP) is 5.24. The molecule has 0 aliphatic carbocycles. The molecule has 0 aliphatic heterocycles. The summed E-state index contributed by atoms with van der Waals surface area (Å²) in [6.07, 6.45) is 2.39. The number of benzene rings is 2. The molecule has 4 rings (SSSR count). The molecule has 4 aromatic rings. The number of aldehydes is 1. The fourth-order valence-electron chi connectivity index (χ4n) is 3.19. The van der Waals surface area contributed by atoms with E-state index in [9.17, 15) is 4.79 Å². The van der Waals surface area contributed by atoms with Crippen LogP contribution in [0.1, 0.15) is 21.7 Å². The summed E-state index contributed by atoms with van der Waals surface area (Å²) in [5.74, 6) is 2.12. The van der Waals surface area contributed by atoms with Gasteiger partial charge in [-0.3, -0.25) is 4.79 Å². The van der Waals surface area contributed by atoms with Crippen LogP contribution in [-0.2, 0) is 0 Å². The molecule has 150 valence electrons. The highest BCUT2D eigenvalue weighted by Gasteiger charge is 2.11. The highest BCUT2D eigenvalue weighted by molar-refractivity contribution is 5.75. The van der Waals surface area contributed by atoms with Crippen LogP contribution in [0.15, 0.2) is 65.2 Å². The average molecular weight is 399 g/mol. The smallest absolute Gasteiger partial charge is 0.229 e. The van der Waals surface area contributed by atoms with Crippen molar-refractivity contribution in [2.75, 3.05) is 16.4 Å². The summed E-state index contributed by atoms with van der Waals surface area (Å²) in [7, 11) is 0. The fourth-order valence-corrected chi connectivity index (χ4v) is 3.19. The standard InChI is InChI=1S/C23H21N5O2/c1-14-11-16(20-8-7-19(13-29)30-20)12-15(2)22(14)27-21-9-10-25-23(28-21)26-18-5-3-17(24)4-6-18/h3-13H,24H2,1-2H3,(H2,25,26,27,28). The number of nitrogen functional groups attached to an aromatic ring is 1. The lowest BCUT2D eigenvalue weighted by molar-refractivity contribution is 0.110. The third-order valence-electron chi connectivity index (χ3n) is 4.64. The lowest BCUT2D eigenvalue weighted by Gasteiger charge is -2.14. The van der Waals surface area contributed by atoms with Crippen LogP contribution in [0.25, 0.3) is 11.3 Å². The van der Waals surface area contributed by atoms with Crippen molar-refractivity contribution in [3.8, 4) is 11.3 Å². The fraction of sp³-hybridized carbons (Fsp3) is 0.0870. The second-order valence-electron chi connectivity index (χ2n) is 6.94. The molecule has 4 N–H and O–H groups in total. The zero-order valence-corrected chi connectivity index (χ0v) is 16.6. The molecule has 7 nitrogen and oxygen atoms in total. The van der Waals surface area contributed by atoms with Gasteiger partial charge in [0, 0.05) is 28.8 Å². The lowest BCUT2D eigenvalue weighted by atomic mass is 10.0. The predicted molar refractivity (Wildman–Crippen MR) is 118 cm³/mol. The number of nitrogens with two attached hydrogens (primary N) is 1. The average Bonchev–Trinajstić information content (AvgIpc) is 3.22. The molecule has 0 saturated heterocycles. The summed E-state index contributed by atoms with van der Waals surface area (Å²) in [6, 6.07) is 16.7. The molecule has 0 atom stereocenters. The molecule has 30 heavy (non-hydrogen) atoms. The van der Waals surface area contributed by atoms with Crippen molar-refractivity contribution in [1.29, 1.82) is 0 Å². The maximum Gasteiger partial charge on any atom is 0.229 e. The molecular weight excluding hydrogens is 378 g/mol. The van der Waals surface area contributed by atoms with E-state index in [1.54, 1.807) is 18.3 Å². The quantitative estimate of drug-likeness (QED) is 0.301. The second-order valence-corrected chi connectivity index (χ2v) is 6.94. The van der Waals surface area contributed by atoms with E-state index in [4.69, 9.17) is 10.2 Å². The zero-order valence-electron chi connectivity index (χ0n) is 16.6. The SMILES string of the molecule is Cc1cc(-c2ccc(C=O)o2)cc(C)c1Nc1ccnc(Nc2ccc(N)cc2)n1. The number of carbonyl (C=O) groups excluding carboxylic acids is 1. The van der Waals surface area contributed by atoms with E-state index in [0.29, 0.717) is 35.3 Å². The van der Waals surface area contributed by atoms with Gasteiger partial charge in [0.1, 0.15) is 11.6 Å². The van der Waals surface area contributed by atoms with Crippen LogP contribution in [0.5, 0.6) is 0 Å². The third-order valence-corrected chi connectivity index (χ3v) is 4.64. The van der Waals surface area contributed by atoms with Gasteiger partial charge in [-0.25, -0.2) is 4.98 Å². The minimum Gasteiger partial charge on any atom is -0.453 e. The number of anilines is 5. The van der Waals surface area contributed by atoms with Gasteiger partial charge < -0.3 is 20.8 Å². The Kier molecular flexibility index (Phi) is 5.17. The summed E-state index contributed by atoms with van der Waals surface area (Å²) in [6.45, 7) is 4.02. The Hall–Kier alpha value is -4.13. The van der Waals surface area contributed by atoms with Gasteiger partial charge in [0.25, 0.3) is 0 Å². The molecule has 2 aromatic heterocycles. The molecule has 0 radical (unpaired) electrons. The van der Waals surface area contributed by atoms with Crippen molar-refractivity contribution >= 4 is 35.1 Å². The van der Waals surface area contributed by atoms with Crippen molar-refractivity contribution in [2.24, 2.45) is 0 Å². The van der Waals surface area contributed by atoms with E-state index in [2.05, 4.69) is 20.6 Å². The molecular formula is C23H21N5O2. The van der Waals surface area contributed by atoms with Gasteiger partial charge in [-0.05, 0) is 79.6 Å². The van der Waals surface area contributed by atoms with E-state index in [1.807, 2.05) is 56.3 Å². The van der Waals surface area contributed by atoms with Crippen LogP contribution in [-0.4, -0.2) is 16.3 Å². The number of carbonyl (C=O) groups is 1. The normalized spacial score (nSPS) is 10.6. The largest absolute Gasteiger partial charge is 0.453 e. The number of nitrogens with one attached hydrogen (secondary N) is 2. The third kappa shape index (κ3) is 4.15. The number of nitrogens with zero attached hydrogens (tertiary/aromatic N) is 2. The lowest BCUT2D eigenvalue weighted by Crippen LogP contribution is -2.02. The number of aromatic nitrogens is 2. The van der Waals surface area contributed by atoms with Gasteiger partial charge in [-0.2, -0.15) is 4.98 Å². The minimum atomic E-state index is 0.310. The van der Waals surface area contributed by atoms with Gasteiger partial charge in [0.05, 0.1) is 0 Å². The van der Waals surface area contributed by atoms with Crippen molar-refractivity contribution in [3.63, 3.8) is 0 Å². The van der Waals surface area contributed by atoms with Crippen LogP contribution in [0, 0.1) is 13.8 Å². The van der Waals surface area contributed by atoms with Crippen LogP contribution >= 0.6 is 0 Å². The molecule has 0 bridgehead atoms. The van der Waals surface area contributed by atoms with Crippen LogP contribution in [0.4, 0.5) is 28.8 Å². The first-order valence-electron chi connectivity index (χ1n) is 9.41. The number of aryl methyl sites for hydroxylation is 2. The Morgan fingerprint density at radius 3 is 2.37 bits per heavy atom. The molecule has 2 aromatic carbocycles. The molecule has 0 amide bonds. The second kappa shape index (κ2) is 8.08. The van der Waals surface area contributed by atoms with Crippen LogP contribution < -0.4 is 16.4 Å². The summed E-state index contributed by atoms with van der Waals surface area (Å²) in [5, 5.41) is 6.54. The van der Waals surface area contributed by atoms with E-state index < -0.39 is 0 Å². The van der Waals surface area contributed by atoms with Crippen LogP contribution in [0.3, 0.4) is 0 Å². The van der Waals surface area contributed by atoms with E-state index in [0.717, 1.165) is 28.1 Å². The monoisotopic (exact) mass is 399 g/mol. The molecule has 7 heteroatoms. The summed E-state index contributed by atoms with van der Waals surface area (Å²) in [4.78, 5) is 19.7. The Morgan fingerprint density at radius 1 is 0.967 bits per heavy atom.